The van der Waals surface area contributed by atoms with Gasteiger partial charge in [0, 0.05) is 4.47 Å². The van der Waals surface area contributed by atoms with Crippen LogP contribution in [-0.2, 0) is 10.0 Å². The maximum atomic E-state index is 12.4. The Kier molecular flexibility index (Phi) is 4.21. The molecule has 5 nitrogen and oxygen atoms in total. The molecule has 21 heavy (non-hydrogen) atoms. The van der Waals surface area contributed by atoms with Gasteiger partial charge in [-0.05, 0) is 52.7 Å². The van der Waals surface area contributed by atoms with Crippen LogP contribution in [0.25, 0.3) is 0 Å². The fourth-order valence-electron chi connectivity index (χ4n) is 1.86. The number of nitrogen functional groups attached to an aromatic ring is 1. The van der Waals surface area contributed by atoms with Crippen molar-refractivity contribution < 1.29 is 8.42 Å². The van der Waals surface area contributed by atoms with Gasteiger partial charge in [0.2, 0.25) is 0 Å². The predicted molar refractivity (Wildman–Crippen MR) is 85.3 cm³/mol. The Balaban J connectivity index is 2.51. The minimum Gasteiger partial charge on any atom is -0.397 e. The summed E-state index contributed by atoms with van der Waals surface area (Å²) in [7, 11) is -3.90. The maximum absolute atomic E-state index is 12.4. The highest BCUT2D eigenvalue weighted by Gasteiger charge is 2.20. The van der Waals surface area contributed by atoms with E-state index in [0.29, 0.717) is 10.2 Å². The van der Waals surface area contributed by atoms with Crippen molar-refractivity contribution >= 4 is 37.3 Å². The molecule has 0 bridgehead atoms. The lowest BCUT2D eigenvalue weighted by molar-refractivity contribution is 0.601. The molecule has 3 N–H and O–H groups in total. The second kappa shape index (κ2) is 5.76. The molecular formula is C14H12BrN3O2S. The van der Waals surface area contributed by atoms with Crippen LogP contribution >= 0.6 is 15.9 Å². The van der Waals surface area contributed by atoms with E-state index in [9.17, 15) is 8.42 Å². The highest BCUT2D eigenvalue weighted by Crippen LogP contribution is 2.32. The lowest BCUT2D eigenvalue weighted by atomic mass is 10.2. The highest BCUT2D eigenvalue weighted by molar-refractivity contribution is 9.10. The van der Waals surface area contributed by atoms with Crippen LogP contribution in [0.5, 0.6) is 0 Å². The lowest BCUT2D eigenvalue weighted by Gasteiger charge is -2.13. The predicted octanol–water partition coefficient (Wildman–Crippen LogP) is 3.01. The van der Waals surface area contributed by atoms with Crippen molar-refractivity contribution in [2.45, 2.75) is 11.8 Å². The Hall–Kier alpha value is -2.04. The van der Waals surface area contributed by atoms with Gasteiger partial charge < -0.3 is 5.73 Å². The Morgan fingerprint density at radius 2 is 1.95 bits per heavy atom. The minimum atomic E-state index is -3.90. The van der Waals surface area contributed by atoms with Crippen molar-refractivity contribution in [2.75, 3.05) is 10.5 Å². The Bertz CT molecular complexity index is 819. The molecule has 0 radical (unpaired) electrons. The first-order valence-electron chi connectivity index (χ1n) is 5.92. The van der Waals surface area contributed by atoms with E-state index in [1.807, 2.05) is 13.0 Å². The van der Waals surface area contributed by atoms with Crippen molar-refractivity contribution in [3.63, 3.8) is 0 Å². The quantitative estimate of drug-likeness (QED) is 0.817. The van der Waals surface area contributed by atoms with Crippen molar-refractivity contribution in [1.29, 1.82) is 5.26 Å². The van der Waals surface area contributed by atoms with Gasteiger partial charge in [-0.15, -0.1) is 0 Å². The number of aryl methyl sites for hydroxylation is 1. The molecule has 0 fully saturated rings. The average molecular weight is 366 g/mol. The molecule has 0 aromatic heterocycles. The third-order valence-electron chi connectivity index (χ3n) is 2.80. The van der Waals surface area contributed by atoms with Gasteiger partial charge in [-0.1, -0.05) is 12.1 Å². The normalized spacial score (nSPS) is 10.9. The molecule has 0 aliphatic carbocycles. The summed E-state index contributed by atoms with van der Waals surface area (Å²) < 4.78 is 27.8. The van der Waals surface area contributed by atoms with Crippen molar-refractivity contribution in [1.82, 2.24) is 0 Å². The number of benzene rings is 2. The molecule has 0 saturated carbocycles. The topological polar surface area (TPSA) is 96.0 Å². The SMILES string of the molecule is Cc1cc(N)c(NS(=O)(=O)c2ccccc2C#N)c(Br)c1. The zero-order chi connectivity index (χ0) is 15.6. The Morgan fingerprint density at radius 1 is 1.29 bits per heavy atom. The van der Waals surface area contributed by atoms with Crippen LogP contribution in [0.4, 0.5) is 11.4 Å². The van der Waals surface area contributed by atoms with E-state index in [0.717, 1.165) is 5.56 Å². The molecule has 0 spiro atoms. The molecule has 2 aromatic rings. The summed E-state index contributed by atoms with van der Waals surface area (Å²) in [4.78, 5) is -0.0839. The average Bonchev–Trinajstić information content (AvgIpc) is 2.43. The Labute approximate surface area is 131 Å². The van der Waals surface area contributed by atoms with Crippen LogP contribution < -0.4 is 10.5 Å². The summed E-state index contributed by atoms with van der Waals surface area (Å²) in [6, 6.07) is 11.3. The van der Waals surface area contributed by atoms with Crippen LogP contribution in [0.2, 0.25) is 0 Å². The molecular weight excluding hydrogens is 354 g/mol. The van der Waals surface area contributed by atoms with E-state index >= 15 is 0 Å². The lowest BCUT2D eigenvalue weighted by Crippen LogP contribution is -2.16. The van der Waals surface area contributed by atoms with E-state index in [4.69, 9.17) is 11.0 Å². The molecule has 0 atom stereocenters. The molecule has 0 saturated heterocycles. The number of halogens is 1. The fraction of sp³-hybridized carbons (Fsp3) is 0.0714. The first kappa shape index (κ1) is 15.4. The number of nitriles is 1. The van der Waals surface area contributed by atoms with E-state index in [-0.39, 0.29) is 16.1 Å². The first-order chi connectivity index (χ1) is 9.85. The number of rotatable bonds is 3. The molecule has 2 rings (SSSR count). The van der Waals surface area contributed by atoms with Gasteiger partial charge in [-0.25, -0.2) is 8.42 Å². The number of anilines is 2. The minimum absolute atomic E-state index is 0.0757. The summed E-state index contributed by atoms with van der Waals surface area (Å²) in [6.45, 7) is 1.85. The van der Waals surface area contributed by atoms with Gasteiger partial charge in [0.25, 0.3) is 10.0 Å². The van der Waals surface area contributed by atoms with E-state index < -0.39 is 10.0 Å². The molecule has 0 heterocycles. The van der Waals surface area contributed by atoms with Gasteiger partial charge in [0.05, 0.1) is 16.9 Å². The van der Waals surface area contributed by atoms with Crippen molar-refractivity contribution in [3.05, 3.63) is 52.0 Å². The van der Waals surface area contributed by atoms with Crippen LogP contribution in [0.15, 0.2) is 45.8 Å². The van der Waals surface area contributed by atoms with Crippen LogP contribution in [0.1, 0.15) is 11.1 Å². The van der Waals surface area contributed by atoms with Gasteiger partial charge in [-0.2, -0.15) is 5.26 Å². The summed E-state index contributed by atoms with van der Waals surface area (Å²) in [5.74, 6) is 0. The number of sulfonamides is 1. The van der Waals surface area contributed by atoms with Gasteiger partial charge in [0.15, 0.2) is 0 Å². The first-order valence-corrected chi connectivity index (χ1v) is 8.20. The molecule has 0 aliphatic rings. The summed E-state index contributed by atoms with van der Waals surface area (Å²) >= 11 is 3.29. The second-order valence-electron chi connectivity index (χ2n) is 4.42. The molecule has 2 aromatic carbocycles. The maximum Gasteiger partial charge on any atom is 0.263 e. The number of nitrogens with zero attached hydrogens (tertiary/aromatic N) is 1. The zero-order valence-corrected chi connectivity index (χ0v) is 13.5. The Morgan fingerprint density at radius 3 is 2.57 bits per heavy atom. The molecule has 0 aliphatic heterocycles. The van der Waals surface area contributed by atoms with Crippen LogP contribution in [0.3, 0.4) is 0 Å². The van der Waals surface area contributed by atoms with E-state index in [1.165, 1.54) is 12.1 Å². The molecule has 7 heteroatoms. The molecule has 0 unspecified atom stereocenters. The fourth-order valence-corrected chi connectivity index (χ4v) is 3.95. The van der Waals surface area contributed by atoms with Crippen LogP contribution in [0, 0.1) is 18.3 Å². The largest absolute Gasteiger partial charge is 0.397 e. The smallest absolute Gasteiger partial charge is 0.263 e. The number of hydrogen-bond donors (Lipinski definition) is 2. The standard InChI is InChI=1S/C14H12BrN3O2S/c1-9-6-11(15)14(12(17)7-9)18-21(19,20)13-5-3-2-4-10(13)8-16/h2-7,18H,17H2,1H3. The molecule has 0 amide bonds. The number of hydrogen-bond acceptors (Lipinski definition) is 4. The number of nitrogens with two attached hydrogens (primary N) is 1. The van der Waals surface area contributed by atoms with Gasteiger partial charge >= 0.3 is 0 Å². The third-order valence-corrected chi connectivity index (χ3v) is 4.83. The van der Waals surface area contributed by atoms with Gasteiger partial charge in [-0.3, -0.25) is 4.72 Å². The van der Waals surface area contributed by atoms with Crippen molar-refractivity contribution in [2.24, 2.45) is 0 Å². The monoisotopic (exact) mass is 365 g/mol. The zero-order valence-electron chi connectivity index (χ0n) is 11.1. The third kappa shape index (κ3) is 3.17. The molecule has 108 valence electrons. The highest BCUT2D eigenvalue weighted by atomic mass is 79.9. The second-order valence-corrected chi connectivity index (χ2v) is 6.93. The van der Waals surface area contributed by atoms with Crippen molar-refractivity contribution in [3.8, 4) is 6.07 Å². The summed E-state index contributed by atoms with van der Waals surface area (Å²) in [6.07, 6.45) is 0. The van der Waals surface area contributed by atoms with E-state index in [1.54, 1.807) is 24.3 Å². The summed E-state index contributed by atoms with van der Waals surface area (Å²) in [5, 5.41) is 9.02. The number of nitrogens with one attached hydrogen (secondary N) is 1. The van der Waals surface area contributed by atoms with Crippen LogP contribution in [-0.4, -0.2) is 8.42 Å². The summed E-state index contributed by atoms with van der Waals surface area (Å²) in [5.41, 5.74) is 7.40. The van der Waals surface area contributed by atoms with E-state index in [2.05, 4.69) is 20.7 Å². The van der Waals surface area contributed by atoms with Gasteiger partial charge in [0.1, 0.15) is 11.0 Å².